The first kappa shape index (κ1) is 21.0. The van der Waals surface area contributed by atoms with Gasteiger partial charge in [0.2, 0.25) is 0 Å². The van der Waals surface area contributed by atoms with Gasteiger partial charge in [0, 0.05) is 28.0 Å². The number of nitrogens with zero attached hydrogens (tertiary/aromatic N) is 2. The van der Waals surface area contributed by atoms with E-state index in [0.29, 0.717) is 17.1 Å². The van der Waals surface area contributed by atoms with E-state index in [1.54, 1.807) is 0 Å². The maximum absolute atomic E-state index is 10.0. The van der Waals surface area contributed by atoms with Crippen molar-refractivity contribution in [3.8, 4) is 5.75 Å². The molecule has 0 bridgehead atoms. The van der Waals surface area contributed by atoms with Crippen molar-refractivity contribution in [1.82, 2.24) is 4.98 Å². The topological polar surface area (TPSA) is 45.6 Å². The maximum Gasteiger partial charge on any atom is 0.157 e. The summed E-state index contributed by atoms with van der Waals surface area (Å²) in [4.78, 5) is 4.59. The lowest BCUT2D eigenvalue weighted by Crippen LogP contribution is -2.17. The average molecular weight is 442 g/mol. The van der Waals surface area contributed by atoms with E-state index in [4.69, 9.17) is 16.5 Å². The number of rotatable bonds is 7. The van der Waals surface area contributed by atoms with E-state index in [-0.39, 0.29) is 12.7 Å². The van der Waals surface area contributed by atoms with Crippen molar-refractivity contribution < 1.29 is 9.84 Å². The van der Waals surface area contributed by atoms with Crippen molar-refractivity contribution in [3.05, 3.63) is 45.1 Å². The van der Waals surface area contributed by atoms with Gasteiger partial charge in [-0.2, -0.15) is 0 Å². The Morgan fingerprint density at radius 1 is 1.15 bits per heavy atom. The van der Waals surface area contributed by atoms with E-state index >= 15 is 0 Å². The van der Waals surface area contributed by atoms with E-state index < -0.39 is 0 Å². The van der Waals surface area contributed by atoms with Crippen LogP contribution in [-0.4, -0.2) is 16.2 Å². The molecule has 1 aromatic heterocycles. The molecule has 26 heavy (non-hydrogen) atoms. The number of hydrogen-bond donors (Lipinski definition) is 1. The molecule has 2 aromatic rings. The van der Waals surface area contributed by atoms with Gasteiger partial charge in [-0.3, -0.25) is 0 Å². The van der Waals surface area contributed by atoms with Gasteiger partial charge >= 0.3 is 0 Å². The Morgan fingerprint density at radius 2 is 1.73 bits per heavy atom. The fraction of sp³-hybridized carbons (Fsp3) is 0.450. The van der Waals surface area contributed by atoms with Gasteiger partial charge in [0.1, 0.15) is 5.75 Å². The zero-order chi connectivity index (χ0) is 19.4. The fourth-order valence-electron chi connectivity index (χ4n) is 3.02. The van der Waals surface area contributed by atoms with Gasteiger partial charge in [0.25, 0.3) is 0 Å². The van der Waals surface area contributed by atoms with E-state index in [9.17, 15) is 5.11 Å². The van der Waals surface area contributed by atoms with Gasteiger partial charge in [-0.05, 0) is 56.9 Å². The lowest BCUT2D eigenvalue weighted by atomic mass is 10.1. The number of benzene rings is 1. The van der Waals surface area contributed by atoms with Gasteiger partial charge in [-0.25, -0.2) is 9.40 Å². The first-order valence-electron chi connectivity index (χ1n) is 8.82. The first-order valence-corrected chi connectivity index (χ1v) is 9.96. The van der Waals surface area contributed by atoms with Crippen molar-refractivity contribution in [2.45, 2.75) is 60.2 Å². The molecule has 0 amide bonds. The highest BCUT2D eigenvalue weighted by atomic mass is 79.9. The van der Waals surface area contributed by atoms with Crippen molar-refractivity contribution in [2.75, 3.05) is 4.42 Å². The normalized spacial score (nSPS) is 11.1. The Morgan fingerprint density at radius 3 is 2.23 bits per heavy atom. The molecule has 1 N–H and O–H groups in total. The van der Waals surface area contributed by atoms with Crippen LogP contribution in [0.4, 0.5) is 11.5 Å². The zero-order valence-electron chi connectivity index (χ0n) is 15.9. The Balaban J connectivity index is 2.57. The minimum absolute atomic E-state index is 0.0925. The van der Waals surface area contributed by atoms with Gasteiger partial charge in [0.15, 0.2) is 5.82 Å². The van der Waals surface area contributed by atoms with Crippen molar-refractivity contribution >= 4 is 39.2 Å². The number of aromatic nitrogens is 1. The number of aliphatic hydroxyl groups excluding tert-OH is 1. The second kappa shape index (κ2) is 9.07. The number of aliphatic hydroxyl groups is 1. The van der Waals surface area contributed by atoms with E-state index in [2.05, 4.69) is 34.8 Å². The van der Waals surface area contributed by atoms with Crippen LogP contribution >= 0.6 is 27.7 Å². The third-order valence-electron chi connectivity index (χ3n) is 4.39. The summed E-state index contributed by atoms with van der Waals surface area (Å²) in [6.45, 7) is 9.87. The summed E-state index contributed by atoms with van der Waals surface area (Å²) in [5, 5.41) is 10.0. The highest BCUT2D eigenvalue weighted by molar-refractivity contribution is 9.10. The van der Waals surface area contributed by atoms with Gasteiger partial charge in [-0.1, -0.05) is 29.8 Å². The summed E-state index contributed by atoms with van der Waals surface area (Å²) in [7, 11) is 0. The predicted octanol–water partition coefficient (Wildman–Crippen LogP) is 6.12. The molecule has 0 radical (unpaired) electrons. The molecular formula is C20H26BrClN2O2. The third kappa shape index (κ3) is 4.51. The monoisotopic (exact) mass is 440 g/mol. The van der Waals surface area contributed by atoms with Crippen LogP contribution in [0, 0.1) is 20.8 Å². The first-order chi connectivity index (χ1) is 12.3. The molecule has 1 aromatic carbocycles. The molecule has 0 atom stereocenters. The average Bonchev–Trinajstić information content (AvgIpc) is 2.58. The Labute approximate surface area is 169 Å². The highest BCUT2D eigenvalue weighted by Crippen LogP contribution is 2.39. The van der Waals surface area contributed by atoms with Gasteiger partial charge in [0.05, 0.1) is 24.0 Å². The van der Waals surface area contributed by atoms with E-state index in [1.165, 1.54) is 4.42 Å². The summed E-state index contributed by atoms with van der Waals surface area (Å²) < 4.78 is 8.65. The van der Waals surface area contributed by atoms with Crippen LogP contribution < -0.4 is 9.16 Å². The highest BCUT2D eigenvalue weighted by Gasteiger charge is 2.22. The molecule has 0 saturated carbocycles. The van der Waals surface area contributed by atoms with Gasteiger partial charge < -0.3 is 9.84 Å². The summed E-state index contributed by atoms with van der Waals surface area (Å²) in [5.41, 5.74) is 4.27. The Hall–Kier alpha value is -1.30. The largest absolute Gasteiger partial charge is 0.490 e. The number of anilines is 2. The van der Waals surface area contributed by atoms with Crippen molar-refractivity contribution in [3.63, 3.8) is 0 Å². The Bertz CT molecular complexity index is 756. The molecule has 0 unspecified atom stereocenters. The minimum atomic E-state index is -0.198. The molecule has 0 saturated heterocycles. The maximum atomic E-state index is 10.0. The van der Waals surface area contributed by atoms with Crippen LogP contribution in [0.25, 0.3) is 0 Å². The number of aryl methyl sites for hydroxylation is 3. The molecule has 2 rings (SSSR count). The van der Waals surface area contributed by atoms with Crippen LogP contribution in [0.1, 0.15) is 49.1 Å². The molecule has 0 aliphatic carbocycles. The number of halogens is 2. The number of hydrogen-bond acceptors (Lipinski definition) is 4. The summed E-state index contributed by atoms with van der Waals surface area (Å²) in [6.07, 6.45) is 1.89. The minimum Gasteiger partial charge on any atom is -0.490 e. The van der Waals surface area contributed by atoms with Crippen molar-refractivity contribution in [2.24, 2.45) is 0 Å². The molecule has 0 spiro atoms. The number of pyridine rings is 1. The SMILES string of the molecule is CCC(CC)Oc1cc(C)nc(N(Cl)c2c(C)cc(Br)cc2C)c1CO. The molecule has 4 nitrogen and oxygen atoms in total. The second-order valence-electron chi connectivity index (χ2n) is 6.45. The molecule has 0 aliphatic rings. The zero-order valence-corrected chi connectivity index (χ0v) is 18.3. The fourth-order valence-corrected chi connectivity index (χ4v) is 4.12. The molecule has 0 aliphatic heterocycles. The smallest absolute Gasteiger partial charge is 0.157 e. The quantitative estimate of drug-likeness (QED) is 0.526. The molecule has 1 heterocycles. The predicted molar refractivity (Wildman–Crippen MR) is 112 cm³/mol. The van der Waals surface area contributed by atoms with Gasteiger partial charge in [-0.15, -0.1) is 0 Å². The Kier molecular flexibility index (Phi) is 7.33. The van der Waals surface area contributed by atoms with Crippen LogP contribution in [0.5, 0.6) is 5.75 Å². The number of ether oxygens (including phenoxy) is 1. The lowest BCUT2D eigenvalue weighted by molar-refractivity contribution is 0.184. The second-order valence-corrected chi connectivity index (χ2v) is 7.70. The molecule has 0 fully saturated rings. The standard InChI is InChI=1S/C20H26BrClN2O2/c1-6-16(7-2)26-18-10-14(5)23-20(17(18)11-25)24(22)19-12(3)8-15(21)9-13(19)4/h8-10,16,25H,6-7,11H2,1-5H3. The summed E-state index contributed by atoms with van der Waals surface area (Å²) in [5.74, 6) is 1.14. The van der Waals surface area contributed by atoms with Crippen LogP contribution in [0.3, 0.4) is 0 Å². The lowest BCUT2D eigenvalue weighted by Gasteiger charge is -2.25. The van der Waals surface area contributed by atoms with E-state index in [0.717, 1.165) is 39.8 Å². The molecule has 142 valence electrons. The third-order valence-corrected chi connectivity index (χ3v) is 5.18. The molecule has 6 heteroatoms. The van der Waals surface area contributed by atoms with Crippen LogP contribution in [0.15, 0.2) is 22.7 Å². The van der Waals surface area contributed by atoms with Crippen molar-refractivity contribution in [1.29, 1.82) is 0 Å². The summed E-state index contributed by atoms with van der Waals surface area (Å²) in [6, 6.07) is 5.88. The van der Waals surface area contributed by atoms with Crippen LogP contribution in [-0.2, 0) is 6.61 Å². The van der Waals surface area contributed by atoms with Crippen LogP contribution in [0.2, 0.25) is 0 Å². The summed E-state index contributed by atoms with van der Waals surface area (Å²) >= 11 is 10.2. The molecular weight excluding hydrogens is 416 g/mol. The van der Waals surface area contributed by atoms with E-state index in [1.807, 2.05) is 39.0 Å².